The van der Waals surface area contributed by atoms with E-state index in [-0.39, 0.29) is 0 Å². The second-order valence-electron chi connectivity index (χ2n) is 4.05. The molecule has 88 valence electrons. The van der Waals surface area contributed by atoms with Gasteiger partial charge in [0.05, 0.1) is 4.47 Å². The summed E-state index contributed by atoms with van der Waals surface area (Å²) < 4.78 is 0.885. The summed E-state index contributed by atoms with van der Waals surface area (Å²) in [4.78, 5) is 10.6. The normalized spacial score (nSPS) is 10.4. The van der Waals surface area contributed by atoms with Gasteiger partial charge in [0.15, 0.2) is 0 Å². The van der Waals surface area contributed by atoms with Crippen LogP contribution >= 0.6 is 15.9 Å². The lowest BCUT2D eigenvalue weighted by molar-refractivity contribution is 1.03. The minimum absolute atomic E-state index is 0.695. The van der Waals surface area contributed by atoms with Crippen LogP contribution in [0.2, 0.25) is 0 Å². The zero-order valence-corrected chi connectivity index (χ0v) is 11.7. The van der Waals surface area contributed by atoms with Crippen LogP contribution in [0.1, 0.15) is 11.1 Å². The molecule has 0 amide bonds. The molecule has 4 heteroatoms. The Morgan fingerprint density at radius 2 is 1.76 bits per heavy atom. The Balaban J connectivity index is 2.36. The third kappa shape index (κ3) is 2.64. The molecule has 0 N–H and O–H groups in total. The summed E-state index contributed by atoms with van der Waals surface area (Å²) in [5.41, 5.74) is 3.60. The number of hydrogen-bond acceptors (Lipinski definition) is 3. The first-order valence-electron chi connectivity index (χ1n) is 5.36. The van der Waals surface area contributed by atoms with Crippen molar-refractivity contribution in [3.05, 3.63) is 46.2 Å². The fraction of sp³-hybridized carbons (Fsp3) is 0.231. The standard InChI is InChI=1S/C13H14BrN3/c1-9-4-5-12(10(2)6-9)17(3)13-15-7-11(14)8-16-13/h4-8H,1-3H3. The summed E-state index contributed by atoms with van der Waals surface area (Å²) in [6.07, 6.45) is 3.50. The lowest BCUT2D eigenvalue weighted by Gasteiger charge is -2.19. The average Bonchev–Trinajstić information content (AvgIpc) is 2.29. The first kappa shape index (κ1) is 12.0. The Hall–Kier alpha value is -1.42. The Labute approximate surface area is 110 Å². The summed E-state index contributed by atoms with van der Waals surface area (Å²) in [7, 11) is 1.97. The molecule has 0 aliphatic carbocycles. The number of rotatable bonds is 2. The molecule has 0 fully saturated rings. The van der Waals surface area contributed by atoms with Crippen molar-refractivity contribution in [1.82, 2.24) is 9.97 Å². The number of anilines is 2. The summed E-state index contributed by atoms with van der Waals surface area (Å²) >= 11 is 3.33. The monoisotopic (exact) mass is 291 g/mol. The lowest BCUT2D eigenvalue weighted by atomic mass is 10.1. The minimum Gasteiger partial charge on any atom is -0.313 e. The van der Waals surface area contributed by atoms with Crippen molar-refractivity contribution in [2.75, 3.05) is 11.9 Å². The van der Waals surface area contributed by atoms with Gasteiger partial charge < -0.3 is 4.90 Å². The first-order chi connectivity index (χ1) is 8.08. The summed E-state index contributed by atoms with van der Waals surface area (Å²) in [6, 6.07) is 6.35. The van der Waals surface area contributed by atoms with Crippen molar-refractivity contribution in [1.29, 1.82) is 0 Å². The number of aryl methyl sites for hydroxylation is 2. The van der Waals surface area contributed by atoms with Gasteiger partial charge >= 0.3 is 0 Å². The van der Waals surface area contributed by atoms with Crippen LogP contribution < -0.4 is 4.90 Å². The van der Waals surface area contributed by atoms with Crippen LogP contribution in [0, 0.1) is 13.8 Å². The molecule has 2 rings (SSSR count). The molecule has 1 heterocycles. The number of aromatic nitrogens is 2. The smallest absolute Gasteiger partial charge is 0.229 e. The maximum Gasteiger partial charge on any atom is 0.229 e. The van der Waals surface area contributed by atoms with Crippen LogP contribution in [0.15, 0.2) is 35.1 Å². The molecule has 17 heavy (non-hydrogen) atoms. The average molecular weight is 292 g/mol. The van der Waals surface area contributed by atoms with Crippen molar-refractivity contribution in [2.24, 2.45) is 0 Å². The van der Waals surface area contributed by atoms with Gasteiger partial charge in [0.25, 0.3) is 0 Å². The van der Waals surface area contributed by atoms with E-state index >= 15 is 0 Å². The van der Waals surface area contributed by atoms with Gasteiger partial charge in [0.1, 0.15) is 0 Å². The topological polar surface area (TPSA) is 29.0 Å². The predicted octanol–water partition coefficient (Wildman–Crippen LogP) is 3.62. The van der Waals surface area contributed by atoms with Crippen molar-refractivity contribution in [2.45, 2.75) is 13.8 Å². The first-order valence-corrected chi connectivity index (χ1v) is 6.16. The van der Waals surface area contributed by atoms with E-state index in [1.807, 2.05) is 11.9 Å². The van der Waals surface area contributed by atoms with Gasteiger partial charge in [-0.2, -0.15) is 0 Å². The van der Waals surface area contributed by atoms with Crippen LogP contribution in [-0.2, 0) is 0 Å². The second kappa shape index (κ2) is 4.84. The maximum absolute atomic E-state index is 4.29. The Bertz CT molecular complexity index is 523. The molecular formula is C13H14BrN3. The van der Waals surface area contributed by atoms with E-state index in [1.165, 1.54) is 11.1 Å². The Morgan fingerprint density at radius 1 is 1.12 bits per heavy atom. The van der Waals surface area contributed by atoms with Gasteiger partial charge in [-0.15, -0.1) is 0 Å². The van der Waals surface area contributed by atoms with Crippen molar-refractivity contribution >= 4 is 27.6 Å². The highest BCUT2D eigenvalue weighted by Crippen LogP contribution is 2.24. The van der Waals surface area contributed by atoms with Crippen LogP contribution in [0.3, 0.4) is 0 Å². The van der Waals surface area contributed by atoms with Crippen LogP contribution in [0.4, 0.5) is 11.6 Å². The lowest BCUT2D eigenvalue weighted by Crippen LogP contribution is -2.14. The third-order valence-electron chi connectivity index (χ3n) is 2.62. The number of hydrogen-bond donors (Lipinski definition) is 0. The van der Waals surface area contributed by atoms with Crippen molar-refractivity contribution in [3.63, 3.8) is 0 Å². The molecule has 0 saturated carbocycles. The second-order valence-corrected chi connectivity index (χ2v) is 4.97. The van der Waals surface area contributed by atoms with Gasteiger partial charge in [0, 0.05) is 25.1 Å². The molecule has 1 aromatic heterocycles. The number of benzene rings is 1. The van der Waals surface area contributed by atoms with E-state index in [9.17, 15) is 0 Å². The molecule has 2 aromatic rings. The van der Waals surface area contributed by atoms with Crippen LogP contribution in [0.5, 0.6) is 0 Å². The van der Waals surface area contributed by atoms with Gasteiger partial charge in [-0.25, -0.2) is 9.97 Å². The molecule has 0 spiro atoms. The Kier molecular flexibility index (Phi) is 3.43. The quantitative estimate of drug-likeness (QED) is 0.846. The highest BCUT2D eigenvalue weighted by molar-refractivity contribution is 9.10. The van der Waals surface area contributed by atoms with Crippen LogP contribution in [0.25, 0.3) is 0 Å². The van der Waals surface area contributed by atoms with Crippen molar-refractivity contribution in [3.8, 4) is 0 Å². The van der Waals surface area contributed by atoms with E-state index < -0.39 is 0 Å². The SMILES string of the molecule is Cc1ccc(N(C)c2ncc(Br)cn2)c(C)c1. The molecule has 0 aliphatic heterocycles. The van der Waals surface area contributed by atoms with Gasteiger partial charge in [-0.3, -0.25) is 0 Å². The number of nitrogens with zero attached hydrogens (tertiary/aromatic N) is 3. The molecule has 0 unspecified atom stereocenters. The highest BCUT2D eigenvalue weighted by Gasteiger charge is 2.09. The molecule has 3 nitrogen and oxygen atoms in total. The van der Waals surface area contributed by atoms with E-state index in [1.54, 1.807) is 12.4 Å². The summed E-state index contributed by atoms with van der Waals surface area (Å²) in [5, 5.41) is 0. The van der Waals surface area contributed by atoms with E-state index in [2.05, 4.69) is 57.9 Å². The number of halogens is 1. The molecule has 0 aliphatic rings. The van der Waals surface area contributed by atoms with Crippen LogP contribution in [-0.4, -0.2) is 17.0 Å². The predicted molar refractivity (Wildman–Crippen MR) is 73.7 cm³/mol. The van der Waals surface area contributed by atoms with Gasteiger partial charge in [-0.1, -0.05) is 17.7 Å². The fourth-order valence-corrected chi connectivity index (χ4v) is 1.97. The fourth-order valence-electron chi connectivity index (χ4n) is 1.77. The third-order valence-corrected chi connectivity index (χ3v) is 3.03. The molecule has 0 bridgehead atoms. The van der Waals surface area contributed by atoms with E-state index in [4.69, 9.17) is 0 Å². The Morgan fingerprint density at radius 3 is 2.35 bits per heavy atom. The maximum atomic E-state index is 4.29. The minimum atomic E-state index is 0.695. The van der Waals surface area contributed by atoms with Gasteiger partial charge in [-0.05, 0) is 41.4 Å². The molecule has 0 atom stereocenters. The summed E-state index contributed by atoms with van der Waals surface area (Å²) in [6.45, 7) is 4.19. The van der Waals surface area contributed by atoms with E-state index in [0.717, 1.165) is 10.2 Å². The zero-order chi connectivity index (χ0) is 12.4. The highest BCUT2D eigenvalue weighted by atomic mass is 79.9. The molecular weight excluding hydrogens is 278 g/mol. The molecule has 1 aromatic carbocycles. The largest absolute Gasteiger partial charge is 0.313 e. The van der Waals surface area contributed by atoms with Gasteiger partial charge in [0.2, 0.25) is 5.95 Å². The molecule has 0 radical (unpaired) electrons. The zero-order valence-electron chi connectivity index (χ0n) is 10.1. The molecule has 0 saturated heterocycles. The summed E-state index contributed by atoms with van der Waals surface area (Å²) in [5.74, 6) is 0.695. The van der Waals surface area contributed by atoms with Crippen molar-refractivity contribution < 1.29 is 0 Å². The van der Waals surface area contributed by atoms with E-state index in [0.29, 0.717) is 5.95 Å².